The monoisotopic (exact) mass is 231 g/mol. The van der Waals surface area contributed by atoms with Crippen LogP contribution in [0.5, 0.6) is 5.75 Å². The van der Waals surface area contributed by atoms with E-state index in [-0.39, 0.29) is 0 Å². The first-order chi connectivity index (χ1) is 8.14. The maximum atomic E-state index is 5.71. The number of rotatable bonds is 2. The summed E-state index contributed by atoms with van der Waals surface area (Å²) < 4.78 is 5.71. The molecule has 0 spiro atoms. The summed E-state index contributed by atoms with van der Waals surface area (Å²) >= 11 is 0. The van der Waals surface area contributed by atoms with Crippen molar-refractivity contribution >= 4 is 0 Å². The molecule has 0 radical (unpaired) electrons. The second-order valence-corrected chi connectivity index (χ2v) is 6.17. The van der Waals surface area contributed by atoms with Gasteiger partial charge in [0.1, 0.15) is 12.4 Å². The topological polar surface area (TPSA) is 21.3 Å². The molecule has 1 aromatic carbocycles. The smallest absolute Gasteiger partial charge is 0.124 e. The fraction of sp³-hybridized carbons (Fsp3) is 0.600. The molecule has 0 bridgehead atoms. The number of ether oxygens (including phenoxy) is 1. The molecule has 2 aliphatic rings. The fourth-order valence-corrected chi connectivity index (χ4v) is 3.16. The van der Waals surface area contributed by atoms with Crippen LogP contribution in [0.2, 0.25) is 0 Å². The van der Waals surface area contributed by atoms with E-state index in [9.17, 15) is 0 Å². The normalized spacial score (nSPS) is 30.0. The van der Waals surface area contributed by atoms with Crippen molar-refractivity contribution in [1.82, 2.24) is 5.32 Å². The molecule has 1 heterocycles. The van der Waals surface area contributed by atoms with Gasteiger partial charge in [-0.25, -0.2) is 0 Å². The van der Waals surface area contributed by atoms with Gasteiger partial charge in [-0.2, -0.15) is 0 Å². The lowest BCUT2D eigenvalue weighted by Crippen LogP contribution is -2.32. The van der Waals surface area contributed by atoms with E-state index in [1.54, 1.807) is 0 Å². The number of fused-ring (bicyclic) bond motifs is 1. The number of benzene rings is 1. The van der Waals surface area contributed by atoms with Crippen molar-refractivity contribution in [3.63, 3.8) is 0 Å². The molecular weight excluding hydrogens is 210 g/mol. The first-order valence-electron chi connectivity index (χ1n) is 6.62. The highest BCUT2D eigenvalue weighted by atomic mass is 16.5. The second kappa shape index (κ2) is 4.02. The standard InChI is InChI=1S/C15H21NO/c1-15(2)8-7-11(9-15)16-13-10-17-14-6-4-3-5-12(13)14/h3-6,11,13,16H,7-10H2,1-2H3. The predicted molar refractivity (Wildman–Crippen MR) is 69.2 cm³/mol. The Kier molecular flexibility index (Phi) is 2.62. The molecule has 3 rings (SSSR count). The Morgan fingerprint density at radius 2 is 2.12 bits per heavy atom. The van der Waals surface area contributed by atoms with Crippen LogP contribution in [0, 0.1) is 5.41 Å². The average Bonchev–Trinajstić information content (AvgIpc) is 2.84. The van der Waals surface area contributed by atoms with Crippen molar-refractivity contribution in [2.75, 3.05) is 6.61 Å². The van der Waals surface area contributed by atoms with Crippen molar-refractivity contribution in [2.45, 2.75) is 45.2 Å². The van der Waals surface area contributed by atoms with Crippen LogP contribution < -0.4 is 10.1 Å². The van der Waals surface area contributed by atoms with E-state index in [4.69, 9.17) is 4.74 Å². The van der Waals surface area contributed by atoms with E-state index >= 15 is 0 Å². The third kappa shape index (κ3) is 2.19. The van der Waals surface area contributed by atoms with E-state index in [0.29, 0.717) is 17.5 Å². The Hall–Kier alpha value is -1.02. The van der Waals surface area contributed by atoms with Crippen LogP contribution in [0.4, 0.5) is 0 Å². The highest BCUT2D eigenvalue weighted by Gasteiger charge is 2.34. The predicted octanol–water partition coefficient (Wildman–Crippen LogP) is 3.29. The molecule has 2 unspecified atom stereocenters. The summed E-state index contributed by atoms with van der Waals surface area (Å²) in [6.07, 6.45) is 3.91. The van der Waals surface area contributed by atoms with E-state index in [1.807, 2.05) is 6.07 Å². The Morgan fingerprint density at radius 1 is 1.29 bits per heavy atom. The first-order valence-corrected chi connectivity index (χ1v) is 6.62. The molecule has 2 nitrogen and oxygen atoms in total. The Morgan fingerprint density at radius 3 is 2.88 bits per heavy atom. The summed E-state index contributed by atoms with van der Waals surface area (Å²) in [5.41, 5.74) is 1.84. The minimum absolute atomic E-state index is 0.394. The Balaban J connectivity index is 1.68. The van der Waals surface area contributed by atoms with E-state index in [0.717, 1.165) is 12.4 Å². The molecule has 1 N–H and O–H groups in total. The van der Waals surface area contributed by atoms with Crippen LogP contribution >= 0.6 is 0 Å². The minimum Gasteiger partial charge on any atom is -0.491 e. The SMILES string of the molecule is CC1(C)CCC(NC2COc3ccccc32)C1. The number of para-hydroxylation sites is 1. The lowest BCUT2D eigenvalue weighted by atomic mass is 9.91. The molecule has 0 aromatic heterocycles. The molecular formula is C15H21NO. The first kappa shape index (κ1) is 11.1. The molecule has 17 heavy (non-hydrogen) atoms. The maximum absolute atomic E-state index is 5.71. The molecule has 1 saturated carbocycles. The van der Waals surface area contributed by atoms with Crippen LogP contribution in [-0.4, -0.2) is 12.6 Å². The summed E-state index contributed by atoms with van der Waals surface area (Å²) in [4.78, 5) is 0. The number of hydrogen-bond donors (Lipinski definition) is 1. The molecule has 2 heteroatoms. The van der Waals surface area contributed by atoms with Gasteiger partial charge in [0.05, 0.1) is 6.04 Å². The van der Waals surface area contributed by atoms with Gasteiger partial charge in [0, 0.05) is 11.6 Å². The summed E-state index contributed by atoms with van der Waals surface area (Å²) in [6, 6.07) is 9.44. The second-order valence-electron chi connectivity index (χ2n) is 6.17. The minimum atomic E-state index is 0.394. The maximum Gasteiger partial charge on any atom is 0.124 e. The van der Waals surface area contributed by atoms with Gasteiger partial charge in [0.25, 0.3) is 0 Å². The van der Waals surface area contributed by atoms with Crippen molar-refractivity contribution in [2.24, 2.45) is 5.41 Å². The van der Waals surface area contributed by atoms with Gasteiger partial charge in [-0.15, -0.1) is 0 Å². The summed E-state index contributed by atoms with van der Waals surface area (Å²) in [5, 5.41) is 3.76. The third-order valence-electron chi connectivity index (χ3n) is 4.11. The summed E-state index contributed by atoms with van der Waals surface area (Å²) in [6.45, 7) is 5.53. The number of nitrogens with one attached hydrogen (secondary N) is 1. The molecule has 92 valence electrons. The van der Waals surface area contributed by atoms with Gasteiger partial charge < -0.3 is 10.1 Å². The van der Waals surface area contributed by atoms with Crippen molar-refractivity contribution in [3.8, 4) is 5.75 Å². The van der Waals surface area contributed by atoms with Crippen LogP contribution in [0.25, 0.3) is 0 Å². The van der Waals surface area contributed by atoms with Crippen LogP contribution in [0.3, 0.4) is 0 Å². The zero-order chi connectivity index (χ0) is 11.9. The molecule has 1 fully saturated rings. The van der Waals surface area contributed by atoms with Gasteiger partial charge in [-0.05, 0) is 30.7 Å². The quantitative estimate of drug-likeness (QED) is 0.843. The van der Waals surface area contributed by atoms with Crippen molar-refractivity contribution < 1.29 is 4.74 Å². The van der Waals surface area contributed by atoms with E-state index in [1.165, 1.54) is 24.8 Å². The van der Waals surface area contributed by atoms with Gasteiger partial charge in [0.15, 0.2) is 0 Å². The highest BCUT2D eigenvalue weighted by molar-refractivity contribution is 5.39. The molecule has 0 saturated heterocycles. The number of hydrogen-bond acceptors (Lipinski definition) is 2. The molecule has 2 atom stereocenters. The molecule has 1 aromatic rings. The van der Waals surface area contributed by atoms with Gasteiger partial charge in [0.2, 0.25) is 0 Å². The van der Waals surface area contributed by atoms with Crippen LogP contribution in [0.1, 0.15) is 44.7 Å². The van der Waals surface area contributed by atoms with Crippen LogP contribution in [-0.2, 0) is 0 Å². The van der Waals surface area contributed by atoms with Gasteiger partial charge in [-0.3, -0.25) is 0 Å². The lowest BCUT2D eigenvalue weighted by molar-refractivity contribution is 0.289. The third-order valence-corrected chi connectivity index (χ3v) is 4.11. The zero-order valence-electron chi connectivity index (χ0n) is 10.7. The summed E-state index contributed by atoms with van der Waals surface area (Å²) in [7, 11) is 0. The largest absolute Gasteiger partial charge is 0.491 e. The van der Waals surface area contributed by atoms with Gasteiger partial charge >= 0.3 is 0 Å². The van der Waals surface area contributed by atoms with Crippen molar-refractivity contribution in [3.05, 3.63) is 29.8 Å². The molecule has 1 aliphatic heterocycles. The van der Waals surface area contributed by atoms with E-state index in [2.05, 4.69) is 37.4 Å². The average molecular weight is 231 g/mol. The van der Waals surface area contributed by atoms with E-state index < -0.39 is 0 Å². The Labute approximate surface area is 103 Å². The highest BCUT2D eigenvalue weighted by Crippen LogP contribution is 2.39. The Bertz CT molecular complexity index is 413. The lowest BCUT2D eigenvalue weighted by Gasteiger charge is -2.20. The van der Waals surface area contributed by atoms with Crippen LogP contribution in [0.15, 0.2) is 24.3 Å². The summed E-state index contributed by atoms with van der Waals surface area (Å²) in [5.74, 6) is 1.06. The molecule has 0 amide bonds. The zero-order valence-corrected chi connectivity index (χ0v) is 10.7. The van der Waals surface area contributed by atoms with Gasteiger partial charge in [-0.1, -0.05) is 32.0 Å². The van der Waals surface area contributed by atoms with Crippen molar-refractivity contribution in [1.29, 1.82) is 0 Å². The fourth-order valence-electron chi connectivity index (χ4n) is 3.16. The molecule has 1 aliphatic carbocycles.